The van der Waals surface area contributed by atoms with Crippen LogP contribution in [0.4, 0.5) is 11.4 Å². The molecule has 0 aliphatic carbocycles. The third-order valence-corrected chi connectivity index (χ3v) is 5.28. The molecule has 146 valence electrons. The van der Waals surface area contributed by atoms with Crippen LogP contribution in [0.25, 0.3) is 11.1 Å². The van der Waals surface area contributed by atoms with Gasteiger partial charge in [0.05, 0.1) is 23.5 Å². The van der Waals surface area contributed by atoms with Gasteiger partial charge in [0, 0.05) is 62.1 Å². The lowest BCUT2D eigenvalue weighted by atomic mass is 9.93. The van der Waals surface area contributed by atoms with E-state index in [1.165, 1.54) is 0 Å². The average Bonchev–Trinajstić information content (AvgIpc) is 3.32. The summed E-state index contributed by atoms with van der Waals surface area (Å²) in [7, 11) is 6.05. The summed E-state index contributed by atoms with van der Waals surface area (Å²) in [6.45, 7) is 2.32. The summed E-state index contributed by atoms with van der Waals surface area (Å²) < 4.78 is 5.53. The van der Waals surface area contributed by atoms with Crippen molar-refractivity contribution >= 4 is 23.5 Å². The van der Waals surface area contributed by atoms with E-state index in [0.29, 0.717) is 24.5 Å². The monoisotopic (exact) mass is 379 g/mol. The molecule has 0 fully saturated rings. The number of carbonyl (C=O) groups excluding carboxylic acids is 1. The zero-order chi connectivity index (χ0) is 19.8. The number of pyridine rings is 1. The topological polar surface area (TPSA) is 84.0 Å². The smallest absolute Gasteiger partial charge is 0.251 e. The maximum absolute atomic E-state index is 12.3. The lowest BCUT2D eigenvalue weighted by Crippen LogP contribution is -2.30. The number of ether oxygens (including phenoxy) is 1. The standard InChI is InChI=1S/C21H25N5O2/c1-25(2)7-8-26(3)17-11-16(14-10-13-5-9-28-21(13)24-12-14)19-15(4-6-23-19)18(17)20(22)27/h6,10-12H,4-5,7-9H2,1-3H3,(H2,22,27). The maximum Gasteiger partial charge on any atom is 0.251 e. The van der Waals surface area contributed by atoms with Crippen molar-refractivity contribution in [2.75, 3.05) is 45.7 Å². The molecule has 0 unspecified atom stereocenters. The quantitative estimate of drug-likeness (QED) is 0.830. The molecular weight excluding hydrogens is 354 g/mol. The Morgan fingerprint density at radius 2 is 2.07 bits per heavy atom. The van der Waals surface area contributed by atoms with Crippen molar-refractivity contribution < 1.29 is 9.53 Å². The van der Waals surface area contributed by atoms with Crippen LogP contribution in [0, 0.1) is 0 Å². The molecule has 2 aliphatic rings. The number of fused-ring (bicyclic) bond motifs is 2. The molecule has 0 spiro atoms. The zero-order valence-corrected chi connectivity index (χ0v) is 16.5. The third kappa shape index (κ3) is 3.22. The second kappa shape index (κ2) is 7.24. The average molecular weight is 379 g/mol. The predicted octanol–water partition coefficient (Wildman–Crippen LogP) is 2.04. The Labute approximate surface area is 164 Å². The fourth-order valence-electron chi connectivity index (χ4n) is 3.77. The van der Waals surface area contributed by atoms with E-state index >= 15 is 0 Å². The highest BCUT2D eigenvalue weighted by Gasteiger charge is 2.26. The van der Waals surface area contributed by atoms with E-state index in [0.717, 1.165) is 53.1 Å². The molecular formula is C21H25N5O2. The van der Waals surface area contributed by atoms with Gasteiger partial charge in [-0.15, -0.1) is 0 Å². The van der Waals surface area contributed by atoms with Crippen molar-refractivity contribution in [3.05, 3.63) is 35.0 Å². The van der Waals surface area contributed by atoms with Gasteiger partial charge in [-0.2, -0.15) is 0 Å². The van der Waals surface area contributed by atoms with Gasteiger partial charge in [-0.3, -0.25) is 9.79 Å². The molecule has 0 saturated heterocycles. The minimum absolute atomic E-state index is 0.416. The van der Waals surface area contributed by atoms with E-state index in [-0.39, 0.29) is 0 Å². The van der Waals surface area contributed by atoms with Crippen LogP contribution in [0.15, 0.2) is 23.3 Å². The Morgan fingerprint density at radius 1 is 1.25 bits per heavy atom. The highest BCUT2D eigenvalue weighted by atomic mass is 16.5. The summed E-state index contributed by atoms with van der Waals surface area (Å²) in [6.07, 6.45) is 5.13. The van der Waals surface area contributed by atoms with Crippen molar-refractivity contribution in [2.24, 2.45) is 10.7 Å². The number of aromatic nitrogens is 1. The lowest BCUT2D eigenvalue weighted by molar-refractivity contribution is 0.1000. The minimum atomic E-state index is -0.416. The Balaban J connectivity index is 1.85. The third-order valence-electron chi connectivity index (χ3n) is 5.28. The van der Waals surface area contributed by atoms with E-state index in [9.17, 15) is 4.79 Å². The van der Waals surface area contributed by atoms with Crippen LogP contribution < -0.4 is 15.4 Å². The zero-order valence-electron chi connectivity index (χ0n) is 16.5. The van der Waals surface area contributed by atoms with Crippen molar-refractivity contribution in [1.29, 1.82) is 0 Å². The molecule has 2 aliphatic heterocycles. The second-order valence-electron chi connectivity index (χ2n) is 7.54. The van der Waals surface area contributed by atoms with Gasteiger partial charge in [0.15, 0.2) is 0 Å². The number of likely N-dealkylation sites (N-methyl/N-ethyl adjacent to an activating group) is 2. The summed E-state index contributed by atoms with van der Waals surface area (Å²) in [5, 5.41) is 0. The number of rotatable bonds is 6. The van der Waals surface area contributed by atoms with Crippen molar-refractivity contribution in [3.63, 3.8) is 0 Å². The first kappa shape index (κ1) is 18.4. The summed E-state index contributed by atoms with van der Waals surface area (Å²) in [5.74, 6) is 0.293. The molecule has 0 radical (unpaired) electrons. The summed E-state index contributed by atoms with van der Waals surface area (Å²) in [4.78, 5) is 25.6. The van der Waals surface area contributed by atoms with E-state index in [4.69, 9.17) is 10.5 Å². The molecule has 1 amide bonds. The first-order valence-electron chi connectivity index (χ1n) is 9.46. The highest BCUT2D eigenvalue weighted by molar-refractivity contribution is 6.06. The van der Waals surface area contributed by atoms with Crippen LogP contribution in [-0.4, -0.2) is 62.8 Å². The molecule has 0 bridgehead atoms. The number of benzene rings is 1. The molecule has 7 heteroatoms. The second-order valence-corrected chi connectivity index (χ2v) is 7.54. The Morgan fingerprint density at radius 3 is 2.82 bits per heavy atom. The van der Waals surface area contributed by atoms with E-state index < -0.39 is 5.91 Å². The molecule has 3 heterocycles. The van der Waals surface area contributed by atoms with Crippen LogP contribution in [0.2, 0.25) is 0 Å². The van der Waals surface area contributed by atoms with E-state index in [2.05, 4.69) is 25.8 Å². The largest absolute Gasteiger partial charge is 0.477 e. The van der Waals surface area contributed by atoms with Crippen molar-refractivity contribution in [2.45, 2.75) is 12.8 Å². The maximum atomic E-state index is 12.3. The molecule has 0 saturated carbocycles. The number of nitrogens with two attached hydrogens (primary N) is 1. The lowest BCUT2D eigenvalue weighted by Gasteiger charge is -2.26. The van der Waals surface area contributed by atoms with Crippen LogP contribution in [-0.2, 0) is 12.8 Å². The molecule has 28 heavy (non-hydrogen) atoms. The molecule has 4 rings (SSSR count). The number of carbonyl (C=O) groups is 1. The van der Waals surface area contributed by atoms with Gasteiger partial charge in [-0.1, -0.05) is 0 Å². The number of primary amides is 1. The Bertz CT molecular complexity index is 968. The first-order valence-corrected chi connectivity index (χ1v) is 9.46. The molecule has 1 aromatic heterocycles. The van der Waals surface area contributed by atoms with E-state index in [1.807, 2.05) is 39.6 Å². The number of amides is 1. The highest BCUT2D eigenvalue weighted by Crippen LogP contribution is 2.43. The van der Waals surface area contributed by atoms with Gasteiger partial charge in [-0.05, 0) is 31.8 Å². The van der Waals surface area contributed by atoms with Crippen molar-refractivity contribution in [1.82, 2.24) is 9.88 Å². The SMILES string of the molecule is CN(C)CCN(C)c1cc(-c2cnc3c(c2)CCO3)c2c(c1C(N)=O)CC=N2. The Hall–Kier alpha value is -2.93. The van der Waals surface area contributed by atoms with Gasteiger partial charge >= 0.3 is 0 Å². The van der Waals surface area contributed by atoms with Crippen LogP contribution in [0.1, 0.15) is 21.5 Å². The van der Waals surface area contributed by atoms with Gasteiger partial charge in [0.25, 0.3) is 5.91 Å². The number of hydrogen-bond acceptors (Lipinski definition) is 6. The van der Waals surface area contributed by atoms with Crippen LogP contribution in [0.5, 0.6) is 5.88 Å². The van der Waals surface area contributed by atoms with Gasteiger partial charge in [-0.25, -0.2) is 4.98 Å². The molecule has 2 N–H and O–H groups in total. The van der Waals surface area contributed by atoms with E-state index in [1.54, 1.807) is 0 Å². The van der Waals surface area contributed by atoms with Crippen LogP contribution >= 0.6 is 0 Å². The normalized spacial score (nSPS) is 14.1. The van der Waals surface area contributed by atoms with Gasteiger partial charge in [0.1, 0.15) is 0 Å². The van der Waals surface area contributed by atoms with Gasteiger partial charge in [0.2, 0.25) is 5.88 Å². The van der Waals surface area contributed by atoms with Crippen molar-refractivity contribution in [3.8, 4) is 17.0 Å². The minimum Gasteiger partial charge on any atom is -0.477 e. The Kier molecular flexibility index (Phi) is 4.77. The molecule has 1 aromatic carbocycles. The summed E-state index contributed by atoms with van der Waals surface area (Å²) in [6, 6.07) is 4.14. The van der Waals surface area contributed by atoms with Gasteiger partial charge < -0.3 is 20.3 Å². The predicted molar refractivity (Wildman–Crippen MR) is 111 cm³/mol. The molecule has 0 atom stereocenters. The molecule has 2 aromatic rings. The molecule has 7 nitrogen and oxygen atoms in total. The number of anilines is 1. The first-order chi connectivity index (χ1) is 13.5. The summed E-state index contributed by atoms with van der Waals surface area (Å²) in [5.41, 5.74) is 12.0. The number of hydrogen-bond donors (Lipinski definition) is 1. The summed E-state index contributed by atoms with van der Waals surface area (Å²) >= 11 is 0. The number of nitrogens with zero attached hydrogens (tertiary/aromatic N) is 4. The fraction of sp³-hybridized carbons (Fsp3) is 0.381. The van der Waals surface area contributed by atoms with Crippen LogP contribution in [0.3, 0.4) is 0 Å². The fourth-order valence-corrected chi connectivity index (χ4v) is 3.77. The number of aliphatic imine (C=N–C) groups is 1.